The van der Waals surface area contributed by atoms with Gasteiger partial charge >= 0.3 is 0 Å². The predicted octanol–water partition coefficient (Wildman–Crippen LogP) is 5.16. The third-order valence-corrected chi connectivity index (χ3v) is 12.3. The number of rotatable bonds is 22. The molecule has 0 bridgehead atoms. The average molecular weight is 841 g/mol. The molecule has 13 nitrogen and oxygen atoms in total. The maximum atomic E-state index is 14.7. The van der Waals surface area contributed by atoms with Crippen LogP contribution >= 0.6 is 0 Å². The second-order valence-corrected chi connectivity index (χ2v) is 17.4. The Bertz CT molecular complexity index is 1700. The number of aliphatic hydroxyl groups is 1. The Morgan fingerprint density at radius 1 is 0.933 bits per heavy atom. The van der Waals surface area contributed by atoms with Gasteiger partial charge in [-0.3, -0.25) is 24.1 Å². The number of carbonyl (C=O) groups excluding carboxylic acids is 4. The molecule has 14 heteroatoms. The maximum absolute atomic E-state index is 14.7. The molecule has 10 atom stereocenters. The molecular weight excluding hydrogens is 768 g/mol. The van der Waals surface area contributed by atoms with Gasteiger partial charge in [0.05, 0.1) is 54.8 Å². The van der Waals surface area contributed by atoms with Crippen molar-refractivity contribution in [3.63, 3.8) is 0 Å². The summed E-state index contributed by atoms with van der Waals surface area (Å²) in [7, 11) is 6.52. The summed E-state index contributed by atoms with van der Waals surface area (Å²) in [5.74, 6) is -2.71. The highest BCUT2D eigenvalue weighted by atomic mass is 19.1. The molecule has 336 valence electrons. The van der Waals surface area contributed by atoms with Crippen molar-refractivity contribution >= 4 is 29.3 Å². The van der Waals surface area contributed by atoms with E-state index in [-0.39, 0.29) is 60.4 Å². The van der Waals surface area contributed by atoms with E-state index in [1.54, 1.807) is 55.8 Å². The van der Waals surface area contributed by atoms with Crippen LogP contribution in [0.1, 0.15) is 98.3 Å². The highest BCUT2D eigenvalue weighted by molar-refractivity contribution is 5.90. The van der Waals surface area contributed by atoms with Gasteiger partial charge in [0, 0.05) is 45.6 Å². The molecule has 0 aromatic heterocycles. The minimum Gasteiger partial charge on any atom is -0.399 e. The highest BCUT2D eigenvalue weighted by Gasteiger charge is 2.43. The summed E-state index contributed by atoms with van der Waals surface area (Å²) in [6.45, 7) is 15.7. The largest absolute Gasteiger partial charge is 0.399 e. The Labute approximate surface area is 357 Å². The van der Waals surface area contributed by atoms with E-state index in [4.69, 9.17) is 15.2 Å². The van der Waals surface area contributed by atoms with Crippen molar-refractivity contribution in [1.82, 2.24) is 25.3 Å². The van der Waals surface area contributed by atoms with Gasteiger partial charge in [0.15, 0.2) is 0 Å². The van der Waals surface area contributed by atoms with Gasteiger partial charge in [0.25, 0.3) is 0 Å². The highest BCUT2D eigenvalue weighted by Crippen LogP contribution is 2.30. The Balaban J connectivity index is 1.78. The second kappa shape index (κ2) is 23.2. The van der Waals surface area contributed by atoms with Gasteiger partial charge in [-0.1, -0.05) is 85.2 Å². The van der Waals surface area contributed by atoms with Crippen LogP contribution in [0.4, 0.5) is 10.1 Å². The summed E-state index contributed by atoms with van der Waals surface area (Å²) in [5.41, 5.74) is 7.41. The second-order valence-electron chi connectivity index (χ2n) is 17.4. The molecule has 0 radical (unpaired) electrons. The molecule has 2 aromatic carbocycles. The van der Waals surface area contributed by atoms with E-state index in [1.807, 2.05) is 71.9 Å². The topological polar surface area (TPSA) is 167 Å². The molecule has 0 aliphatic carbocycles. The van der Waals surface area contributed by atoms with Crippen molar-refractivity contribution in [2.45, 2.75) is 136 Å². The average Bonchev–Trinajstić information content (AvgIpc) is 3.70. The number of amides is 4. The van der Waals surface area contributed by atoms with Crippen molar-refractivity contribution in [2.75, 3.05) is 40.6 Å². The van der Waals surface area contributed by atoms with Crippen LogP contribution in [-0.2, 0) is 35.2 Å². The third-order valence-electron chi connectivity index (χ3n) is 12.3. The quantitative estimate of drug-likeness (QED) is 0.117. The molecule has 3 rings (SSSR count). The zero-order valence-corrected chi connectivity index (χ0v) is 38.0. The molecule has 4 amide bonds. The number of anilines is 1. The number of carbonyl (C=O) groups is 4. The normalized spacial score (nSPS) is 18.9. The molecule has 1 heterocycles. The number of nitrogens with two attached hydrogens (primary N) is 1. The summed E-state index contributed by atoms with van der Waals surface area (Å²) < 4.78 is 26.7. The Morgan fingerprint density at radius 3 is 2.15 bits per heavy atom. The lowest BCUT2D eigenvalue weighted by Gasteiger charge is -2.41. The number of benzene rings is 2. The summed E-state index contributed by atoms with van der Waals surface area (Å²) in [6, 6.07) is 10.5. The molecule has 1 saturated heterocycles. The number of methoxy groups -OCH3 is 2. The SMILES string of the molecule is CC[C@H](C)[C@@H]([C@@H](CC(=O)N1CCC[C@H]1[C@H](OC)[C@@H](C)C(=O)N[C@H](C)[C@@H](O)c1ccccc1)OC)N(C)C(=O)[C@@H](NC(=O)[C@H](C(C)C)N(C)Cc1cc(N)ccc1F)C(C)C. The smallest absolute Gasteiger partial charge is 0.245 e. The van der Waals surface area contributed by atoms with Crippen LogP contribution in [0.15, 0.2) is 48.5 Å². The van der Waals surface area contributed by atoms with E-state index in [0.717, 1.165) is 6.42 Å². The first-order chi connectivity index (χ1) is 28.3. The zero-order chi connectivity index (χ0) is 45.0. The third kappa shape index (κ3) is 12.7. The minimum atomic E-state index is -0.897. The standard InChI is InChI=1S/C46H73FN6O7/c1-13-29(6)41(52(10)46(58)39(27(2)3)50-45(57)40(28(4)5)51(9)26-33-24-34(48)21-22-35(33)47)37(59-11)25-38(54)53-23-17-20-36(53)43(60-12)30(7)44(56)49-31(8)42(55)32-18-15-14-16-19-32/h14-16,18-19,21-22,24,27-31,36-37,39-43,55H,13,17,20,23,25-26,48H2,1-12H3,(H,49,56)(H,50,57)/t29-,30+,31+,36-,37+,39-,40-,41-,42+,43+/m0/s1. The van der Waals surface area contributed by atoms with Crippen molar-refractivity contribution in [1.29, 1.82) is 0 Å². The van der Waals surface area contributed by atoms with E-state index in [2.05, 4.69) is 10.6 Å². The lowest BCUT2D eigenvalue weighted by atomic mass is 9.89. The van der Waals surface area contributed by atoms with Crippen LogP contribution in [0.25, 0.3) is 0 Å². The number of nitrogens with zero attached hydrogens (tertiary/aromatic N) is 3. The van der Waals surface area contributed by atoms with Crippen LogP contribution in [0.3, 0.4) is 0 Å². The maximum Gasteiger partial charge on any atom is 0.245 e. The fourth-order valence-corrected chi connectivity index (χ4v) is 8.75. The van der Waals surface area contributed by atoms with E-state index < -0.39 is 54.2 Å². The monoisotopic (exact) mass is 841 g/mol. The summed E-state index contributed by atoms with van der Waals surface area (Å²) in [5, 5.41) is 16.8. The Hall–Kier alpha value is -4.11. The first-order valence-corrected chi connectivity index (χ1v) is 21.5. The number of halogens is 1. The van der Waals surface area contributed by atoms with Gasteiger partial charge in [-0.25, -0.2) is 4.39 Å². The molecule has 5 N–H and O–H groups in total. The number of hydrogen-bond donors (Lipinski definition) is 4. The predicted molar refractivity (Wildman–Crippen MR) is 233 cm³/mol. The molecule has 0 unspecified atom stereocenters. The van der Waals surface area contributed by atoms with Crippen LogP contribution < -0.4 is 16.4 Å². The van der Waals surface area contributed by atoms with Crippen LogP contribution in [0.5, 0.6) is 0 Å². The number of ether oxygens (including phenoxy) is 2. The molecule has 2 aromatic rings. The minimum absolute atomic E-state index is 0.0174. The molecule has 0 saturated carbocycles. The molecule has 0 spiro atoms. The summed E-state index contributed by atoms with van der Waals surface area (Å²) >= 11 is 0. The van der Waals surface area contributed by atoms with Gasteiger partial charge in [-0.2, -0.15) is 0 Å². The molecule has 1 aliphatic rings. The van der Waals surface area contributed by atoms with Crippen molar-refractivity contribution in [2.24, 2.45) is 23.7 Å². The van der Waals surface area contributed by atoms with E-state index in [9.17, 15) is 28.7 Å². The molecule has 60 heavy (non-hydrogen) atoms. The lowest BCUT2D eigenvalue weighted by Crippen LogP contribution is -2.60. The van der Waals surface area contributed by atoms with Gasteiger partial charge in [0.1, 0.15) is 11.9 Å². The van der Waals surface area contributed by atoms with Gasteiger partial charge in [0.2, 0.25) is 23.6 Å². The molecular formula is C46H73FN6O7. The van der Waals surface area contributed by atoms with Crippen molar-refractivity contribution in [3.05, 3.63) is 65.5 Å². The first-order valence-electron chi connectivity index (χ1n) is 21.5. The Morgan fingerprint density at radius 2 is 1.58 bits per heavy atom. The number of likely N-dealkylation sites (tertiary alicyclic amines) is 1. The van der Waals surface area contributed by atoms with Crippen molar-refractivity contribution < 1.29 is 38.1 Å². The molecule has 1 fully saturated rings. The van der Waals surface area contributed by atoms with Crippen LogP contribution in [0.2, 0.25) is 0 Å². The fraction of sp³-hybridized carbons (Fsp3) is 0.652. The van der Waals surface area contributed by atoms with E-state index in [1.165, 1.54) is 19.2 Å². The van der Waals surface area contributed by atoms with Gasteiger partial charge < -0.3 is 40.7 Å². The van der Waals surface area contributed by atoms with E-state index in [0.29, 0.717) is 36.2 Å². The van der Waals surface area contributed by atoms with Crippen LogP contribution in [0, 0.1) is 29.5 Å². The number of aliphatic hydroxyl groups excluding tert-OH is 1. The first kappa shape index (κ1) is 50.2. The van der Waals surface area contributed by atoms with Gasteiger partial charge in [-0.05, 0) is 68.3 Å². The van der Waals surface area contributed by atoms with Crippen molar-refractivity contribution in [3.8, 4) is 0 Å². The Kier molecular flexibility index (Phi) is 19.4. The lowest BCUT2D eigenvalue weighted by molar-refractivity contribution is -0.148. The molecule has 1 aliphatic heterocycles. The fourth-order valence-electron chi connectivity index (χ4n) is 8.75. The number of likely N-dealkylation sites (N-methyl/N-ethyl adjacent to an activating group) is 2. The van der Waals surface area contributed by atoms with Crippen LogP contribution in [-0.4, -0.2) is 121 Å². The summed E-state index contributed by atoms with van der Waals surface area (Å²) in [6.07, 6.45) is -0.140. The number of nitrogens with one attached hydrogen (secondary N) is 2. The number of hydrogen-bond acceptors (Lipinski definition) is 9. The zero-order valence-electron chi connectivity index (χ0n) is 38.0. The summed E-state index contributed by atoms with van der Waals surface area (Å²) in [4.78, 5) is 61.5. The number of nitrogen functional groups attached to an aromatic ring is 1. The van der Waals surface area contributed by atoms with Gasteiger partial charge in [-0.15, -0.1) is 0 Å². The van der Waals surface area contributed by atoms with E-state index >= 15 is 0 Å².